The van der Waals surface area contributed by atoms with Gasteiger partial charge in [-0.1, -0.05) is 13.8 Å². The zero-order valence-electron chi connectivity index (χ0n) is 6.76. The standard InChI is InChI=1S/C8H14N2/c1-6(2)8-4-7(3)9-5-10-8/h4-6,8H,1-3H3,(H,9,10). The second-order valence-electron chi connectivity index (χ2n) is 3.01. The molecule has 56 valence electrons. The van der Waals surface area contributed by atoms with Crippen molar-refractivity contribution in [1.29, 1.82) is 0 Å². The molecule has 0 aromatic carbocycles. The summed E-state index contributed by atoms with van der Waals surface area (Å²) in [4.78, 5) is 4.27. The molecule has 10 heavy (non-hydrogen) atoms. The lowest BCUT2D eigenvalue weighted by Gasteiger charge is -2.17. The molecule has 1 N–H and O–H groups in total. The van der Waals surface area contributed by atoms with Gasteiger partial charge in [-0.3, -0.25) is 4.99 Å². The molecule has 0 bridgehead atoms. The van der Waals surface area contributed by atoms with Crippen molar-refractivity contribution < 1.29 is 0 Å². The average molecular weight is 138 g/mol. The third-order valence-electron chi connectivity index (χ3n) is 1.64. The van der Waals surface area contributed by atoms with Gasteiger partial charge in [-0.2, -0.15) is 0 Å². The third-order valence-corrected chi connectivity index (χ3v) is 1.64. The molecule has 0 aromatic rings. The van der Waals surface area contributed by atoms with Gasteiger partial charge in [-0.15, -0.1) is 0 Å². The summed E-state index contributed by atoms with van der Waals surface area (Å²) in [7, 11) is 0. The fraction of sp³-hybridized carbons (Fsp3) is 0.625. The first-order valence-electron chi connectivity index (χ1n) is 3.67. The van der Waals surface area contributed by atoms with E-state index >= 15 is 0 Å². The van der Waals surface area contributed by atoms with E-state index in [2.05, 4.69) is 37.2 Å². The summed E-state index contributed by atoms with van der Waals surface area (Å²) >= 11 is 0. The molecular formula is C8H14N2. The van der Waals surface area contributed by atoms with E-state index in [1.165, 1.54) is 5.70 Å². The van der Waals surface area contributed by atoms with Gasteiger partial charge < -0.3 is 5.32 Å². The minimum atomic E-state index is 0.376. The Morgan fingerprint density at radius 2 is 2.30 bits per heavy atom. The molecule has 0 radical (unpaired) electrons. The smallest absolute Gasteiger partial charge is 0.0872 e. The molecule has 2 heteroatoms. The summed E-state index contributed by atoms with van der Waals surface area (Å²) < 4.78 is 0. The maximum atomic E-state index is 4.27. The third kappa shape index (κ3) is 1.59. The van der Waals surface area contributed by atoms with Gasteiger partial charge in [0, 0.05) is 5.70 Å². The summed E-state index contributed by atoms with van der Waals surface area (Å²) in [6.07, 6.45) is 3.94. The molecule has 0 fully saturated rings. The second kappa shape index (κ2) is 2.86. The quantitative estimate of drug-likeness (QED) is 0.584. The molecule has 0 saturated heterocycles. The van der Waals surface area contributed by atoms with Gasteiger partial charge in [0.1, 0.15) is 0 Å². The predicted octanol–water partition coefficient (Wildman–Crippen LogP) is 1.55. The predicted molar refractivity (Wildman–Crippen MR) is 44.0 cm³/mol. The first-order chi connectivity index (χ1) is 4.70. The zero-order chi connectivity index (χ0) is 7.56. The lowest BCUT2D eigenvalue weighted by atomic mass is 10.0. The van der Waals surface area contributed by atoms with Crippen molar-refractivity contribution in [3.63, 3.8) is 0 Å². The largest absolute Gasteiger partial charge is 0.351 e. The van der Waals surface area contributed by atoms with Crippen LogP contribution in [0, 0.1) is 5.92 Å². The molecule has 1 unspecified atom stereocenters. The van der Waals surface area contributed by atoms with Crippen LogP contribution in [0.25, 0.3) is 0 Å². The molecule has 0 amide bonds. The van der Waals surface area contributed by atoms with Crippen LogP contribution in [0.5, 0.6) is 0 Å². The average Bonchev–Trinajstić information content (AvgIpc) is 1.88. The Hall–Kier alpha value is -0.790. The van der Waals surface area contributed by atoms with Gasteiger partial charge in [-0.25, -0.2) is 0 Å². The second-order valence-corrected chi connectivity index (χ2v) is 3.01. The Morgan fingerprint density at radius 3 is 2.70 bits per heavy atom. The van der Waals surface area contributed by atoms with Crippen molar-refractivity contribution in [2.75, 3.05) is 0 Å². The maximum absolute atomic E-state index is 4.27. The van der Waals surface area contributed by atoms with E-state index < -0.39 is 0 Å². The molecule has 2 nitrogen and oxygen atoms in total. The van der Waals surface area contributed by atoms with Crippen molar-refractivity contribution in [2.24, 2.45) is 10.9 Å². The molecule has 1 rings (SSSR count). The van der Waals surface area contributed by atoms with Crippen LogP contribution in [0.1, 0.15) is 20.8 Å². The Bertz CT molecular complexity index is 168. The van der Waals surface area contributed by atoms with Gasteiger partial charge >= 0.3 is 0 Å². The summed E-state index contributed by atoms with van der Waals surface area (Å²) in [5.74, 6) is 0.605. The van der Waals surface area contributed by atoms with Gasteiger partial charge in [0.25, 0.3) is 0 Å². The van der Waals surface area contributed by atoms with Crippen molar-refractivity contribution in [1.82, 2.24) is 5.32 Å². The Morgan fingerprint density at radius 1 is 1.60 bits per heavy atom. The molecule has 0 aliphatic carbocycles. The molecule has 0 aromatic heterocycles. The van der Waals surface area contributed by atoms with Gasteiger partial charge in [0.15, 0.2) is 0 Å². The summed E-state index contributed by atoms with van der Waals surface area (Å²) in [5.41, 5.74) is 1.20. The molecule has 0 saturated carbocycles. The van der Waals surface area contributed by atoms with E-state index in [9.17, 15) is 0 Å². The normalized spacial score (nSPS) is 24.4. The summed E-state index contributed by atoms with van der Waals surface area (Å²) in [6, 6.07) is 0.376. The fourth-order valence-electron chi connectivity index (χ4n) is 0.937. The molecule has 1 aliphatic heterocycles. The zero-order valence-corrected chi connectivity index (χ0v) is 6.76. The van der Waals surface area contributed by atoms with E-state index in [0.717, 1.165) is 0 Å². The highest BCUT2D eigenvalue weighted by Gasteiger charge is 2.10. The van der Waals surface area contributed by atoms with Crippen molar-refractivity contribution in [2.45, 2.75) is 26.8 Å². The van der Waals surface area contributed by atoms with E-state index in [1.807, 2.05) is 0 Å². The van der Waals surface area contributed by atoms with Crippen LogP contribution in [0.15, 0.2) is 16.8 Å². The summed E-state index contributed by atoms with van der Waals surface area (Å²) in [6.45, 7) is 6.41. The number of nitrogens with zero attached hydrogens (tertiary/aromatic N) is 1. The van der Waals surface area contributed by atoms with Crippen LogP contribution < -0.4 is 5.32 Å². The van der Waals surface area contributed by atoms with E-state index in [-0.39, 0.29) is 0 Å². The van der Waals surface area contributed by atoms with Crippen molar-refractivity contribution in [3.05, 3.63) is 11.8 Å². The van der Waals surface area contributed by atoms with Crippen LogP contribution in [-0.4, -0.2) is 12.4 Å². The topological polar surface area (TPSA) is 24.4 Å². The first-order valence-corrected chi connectivity index (χ1v) is 3.67. The molecular weight excluding hydrogens is 124 g/mol. The highest BCUT2D eigenvalue weighted by molar-refractivity contribution is 5.59. The Labute approximate surface area is 62.0 Å². The molecule has 0 spiro atoms. The maximum Gasteiger partial charge on any atom is 0.0872 e. The number of nitrogens with one attached hydrogen (secondary N) is 1. The van der Waals surface area contributed by atoms with Gasteiger partial charge in [0.2, 0.25) is 0 Å². The summed E-state index contributed by atoms with van der Waals surface area (Å²) in [5, 5.41) is 3.04. The van der Waals surface area contributed by atoms with E-state index in [1.54, 1.807) is 6.34 Å². The van der Waals surface area contributed by atoms with Gasteiger partial charge in [0.05, 0.1) is 12.4 Å². The molecule has 1 heterocycles. The highest BCUT2D eigenvalue weighted by atomic mass is 15.0. The van der Waals surface area contributed by atoms with Crippen LogP contribution in [0.3, 0.4) is 0 Å². The Balaban J connectivity index is 2.61. The number of aliphatic imine (C=N–C) groups is 1. The lowest BCUT2D eigenvalue weighted by Crippen LogP contribution is -2.21. The fourth-order valence-corrected chi connectivity index (χ4v) is 0.937. The monoisotopic (exact) mass is 138 g/mol. The molecule has 1 aliphatic rings. The first kappa shape index (κ1) is 7.32. The van der Waals surface area contributed by atoms with Crippen LogP contribution >= 0.6 is 0 Å². The minimum absolute atomic E-state index is 0.376. The van der Waals surface area contributed by atoms with E-state index in [4.69, 9.17) is 0 Å². The molecule has 1 atom stereocenters. The lowest BCUT2D eigenvalue weighted by molar-refractivity contribution is 0.564. The van der Waals surface area contributed by atoms with Crippen LogP contribution in [0.2, 0.25) is 0 Å². The van der Waals surface area contributed by atoms with Crippen molar-refractivity contribution in [3.8, 4) is 0 Å². The number of allylic oxidation sites excluding steroid dienone is 1. The number of hydrogen-bond acceptors (Lipinski definition) is 2. The van der Waals surface area contributed by atoms with Crippen LogP contribution in [0.4, 0.5) is 0 Å². The minimum Gasteiger partial charge on any atom is -0.351 e. The van der Waals surface area contributed by atoms with Crippen LogP contribution in [-0.2, 0) is 0 Å². The Kier molecular flexibility index (Phi) is 2.10. The highest BCUT2D eigenvalue weighted by Crippen LogP contribution is 2.10. The van der Waals surface area contributed by atoms with Crippen molar-refractivity contribution >= 4 is 6.34 Å². The SMILES string of the molecule is CC1=CC(C(C)C)N=CN1. The van der Waals surface area contributed by atoms with E-state index in [0.29, 0.717) is 12.0 Å². The number of rotatable bonds is 1. The number of hydrogen-bond donors (Lipinski definition) is 1. The van der Waals surface area contributed by atoms with Gasteiger partial charge in [-0.05, 0) is 18.9 Å².